The monoisotopic (exact) mass is 262 g/mol. The van der Waals surface area contributed by atoms with E-state index in [2.05, 4.69) is 24.8 Å². The summed E-state index contributed by atoms with van der Waals surface area (Å²) >= 11 is 0. The summed E-state index contributed by atoms with van der Waals surface area (Å²) in [4.78, 5) is 17.5. The molecule has 1 aliphatic heterocycles. The van der Waals surface area contributed by atoms with Gasteiger partial charge in [0, 0.05) is 11.3 Å². The van der Waals surface area contributed by atoms with E-state index in [0.717, 1.165) is 11.3 Å². The zero-order valence-electron chi connectivity index (χ0n) is 11.2. The number of amides is 1. The van der Waals surface area contributed by atoms with Crippen molar-refractivity contribution >= 4 is 25.5 Å². The van der Waals surface area contributed by atoms with Gasteiger partial charge in [-0.2, -0.15) is 0 Å². The third-order valence-electron chi connectivity index (χ3n) is 2.76. The van der Waals surface area contributed by atoms with Crippen LogP contribution in [0, 0.1) is 0 Å². The van der Waals surface area contributed by atoms with Crippen LogP contribution < -0.4 is 4.57 Å². The number of para-hydroxylation sites is 1. The largest absolute Gasteiger partial charge is 0.395 e. The Kier molecular flexibility index (Phi) is 3.25. The Morgan fingerprint density at radius 1 is 1.28 bits per heavy atom. The van der Waals surface area contributed by atoms with Crippen molar-refractivity contribution in [1.82, 2.24) is 0 Å². The van der Waals surface area contributed by atoms with Gasteiger partial charge in [0.2, 0.25) is 0 Å². The van der Waals surface area contributed by atoms with Crippen LogP contribution >= 0.6 is 0 Å². The lowest BCUT2D eigenvalue weighted by molar-refractivity contribution is -0.111. The molecule has 96 valence electrons. The lowest BCUT2D eigenvalue weighted by Gasteiger charge is -2.30. The molecule has 18 heavy (non-hydrogen) atoms. The predicted molar refractivity (Wildman–Crippen MR) is 75.4 cm³/mol. The van der Waals surface area contributed by atoms with E-state index < -0.39 is 8.24 Å². The molecule has 5 heteroatoms. The molecule has 0 saturated carbocycles. The van der Waals surface area contributed by atoms with Crippen LogP contribution in [0.1, 0.15) is 12.5 Å². The van der Waals surface area contributed by atoms with Gasteiger partial charge in [-0.15, -0.1) is 0 Å². The van der Waals surface area contributed by atoms with Gasteiger partial charge in [-0.05, 0) is 13.0 Å². The third-order valence-corrected chi connectivity index (χ3v) is 4.55. The summed E-state index contributed by atoms with van der Waals surface area (Å²) < 4.78 is 1.90. The minimum absolute atomic E-state index is 0.0381. The van der Waals surface area contributed by atoms with Gasteiger partial charge in [0.1, 0.15) is 6.61 Å². The zero-order chi connectivity index (χ0) is 13.3. The maximum Gasteiger partial charge on any atom is 0.273 e. The van der Waals surface area contributed by atoms with Crippen molar-refractivity contribution in [1.29, 1.82) is 0 Å². The minimum atomic E-state index is -1.77. The summed E-state index contributed by atoms with van der Waals surface area (Å²) in [7, 11) is -1.77. The van der Waals surface area contributed by atoms with Crippen molar-refractivity contribution in [2.24, 2.45) is 5.16 Å². The van der Waals surface area contributed by atoms with E-state index in [-0.39, 0.29) is 5.91 Å². The summed E-state index contributed by atoms with van der Waals surface area (Å²) in [5, 5.41) is 3.98. The smallest absolute Gasteiger partial charge is 0.273 e. The molecule has 1 amide bonds. The van der Waals surface area contributed by atoms with Gasteiger partial charge in [-0.25, -0.2) is 0 Å². The molecular formula is C13H18N2O2Si. The predicted octanol–water partition coefficient (Wildman–Crippen LogP) is 2.61. The first-order chi connectivity index (χ1) is 8.46. The molecule has 0 atom stereocenters. The van der Waals surface area contributed by atoms with E-state index in [1.54, 1.807) is 0 Å². The highest BCUT2D eigenvalue weighted by atomic mass is 28.3. The Labute approximate surface area is 108 Å². The quantitative estimate of drug-likeness (QED) is 0.620. The highest BCUT2D eigenvalue weighted by Crippen LogP contribution is 2.33. The molecular weight excluding hydrogens is 244 g/mol. The van der Waals surface area contributed by atoms with Crippen molar-refractivity contribution in [2.45, 2.75) is 26.6 Å². The van der Waals surface area contributed by atoms with Gasteiger partial charge in [0.05, 0.1) is 0 Å². The topological polar surface area (TPSA) is 41.9 Å². The maximum atomic E-state index is 12.5. The number of benzene rings is 1. The number of anilines is 1. The van der Waals surface area contributed by atoms with Gasteiger partial charge < -0.3 is 9.40 Å². The molecule has 0 unspecified atom stereocenters. The fraction of sp³-hybridized carbons (Fsp3) is 0.385. The van der Waals surface area contributed by atoms with Gasteiger partial charge in [-0.1, -0.05) is 43.0 Å². The Hall–Kier alpha value is -1.62. The molecule has 1 aromatic carbocycles. The van der Waals surface area contributed by atoms with Crippen LogP contribution in [0.2, 0.25) is 19.6 Å². The van der Waals surface area contributed by atoms with Gasteiger partial charge in [0.15, 0.2) is 13.9 Å². The van der Waals surface area contributed by atoms with Crippen LogP contribution in [0.15, 0.2) is 29.4 Å². The molecule has 0 saturated heterocycles. The number of nitrogens with zero attached hydrogens (tertiary/aromatic N) is 2. The summed E-state index contributed by atoms with van der Waals surface area (Å²) in [6.07, 6.45) is 0. The molecule has 1 heterocycles. The van der Waals surface area contributed by atoms with Gasteiger partial charge >= 0.3 is 0 Å². The molecule has 0 N–H and O–H groups in total. The average Bonchev–Trinajstić information content (AvgIpc) is 2.58. The van der Waals surface area contributed by atoms with Crippen LogP contribution in [0.25, 0.3) is 0 Å². The molecule has 0 radical (unpaired) electrons. The maximum absolute atomic E-state index is 12.5. The zero-order valence-corrected chi connectivity index (χ0v) is 12.2. The van der Waals surface area contributed by atoms with Crippen LogP contribution in [0.5, 0.6) is 0 Å². The summed E-state index contributed by atoms with van der Waals surface area (Å²) in [6, 6.07) is 7.76. The van der Waals surface area contributed by atoms with E-state index in [9.17, 15) is 4.79 Å². The SMILES string of the molecule is CCO/N=C1/C(=O)N([Si](C)(C)C)c2ccccc21. The highest BCUT2D eigenvalue weighted by molar-refractivity contribution is 6.87. The van der Waals surface area contributed by atoms with Crippen molar-refractivity contribution in [3.8, 4) is 0 Å². The van der Waals surface area contributed by atoms with Crippen LogP contribution in [0.4, 0.5) is 5.69 Å². The first-order valence-corrected chi connectivity index (χ1v) is 9.55. The van der Waals surface area contributed by atoms with E-state index in [1.165, 1.54) is 0 Å². The van der Waals surface area contributed by atoms with Crippen molar-refractivity contribution < 1.29 is 9.63 Å². The highest BCUT2D eigenvalue weighted by Gasteiger charge is 2.41. The van der Waals surface area contributed by atoms with Crippen LogP contribution in [-0.4, -0.2) is 26.5 Å². The number of fused-ring (bicyclic) bond motifs is 1. The number of carbonyl (C=O) groups is 1. The molecule has 1 aliphatic rings. The summed E-state index contributed by atoms with van der Waals surface area (Å²) in [6.45, 7) is 8.75. The number of rotatable bonds is 3. The Morgan fingerprint density at radius 2 is 1.94 bits per heavy atom. The summed E-state index contributed by atoms with van der Waals surface area (Å²) in [5.41, 5.74) is 2.26. The number of carbonyl (C=O) groups excluding carboxylic acids is 1. The van der Waals surface area contributed by atoms with Crippen molar-refractivity contribution in [2.75, 3.05) is 11.2 Å². The second-order valence-corrected chi connectivity index (χ2v) is 9.98. The molecule has 2 rings (SSSR count). The minimum Gasteiger partial charge on any atom is -0.395 e. The standard InChI is InChI=1S/C13H18N2O2Si/c1-5-17-14-12-10-8-6-7-9-11(10)15(13(12)16)18(2,3)4/h6-9H,5H2,1-4H3/b14-12+. The van der Waals surface area contributed by atoms with E-state index in [1.807, 2.05) is 35.8 Å². The van der Waals surface area contributed by atoms with Crippen LogP contribution in [0.3, 0.4) is 0 Å². The molecule has 0 aliphatic carbocycles. The van der Waals surface area contributed by atoms with E-state index in [0.29, 0.717) is 12.3 Å². The number of hydrogen-bond acceptors (Lipinski definition) is 3. The van der Waals surface area contributed by atoms with E-state index >= 15 is 0 Å². The van der Waals surface area contributed by atoms with Gasteiger partial charge in [0.25, 0.3) is 5.91 Å². The van der Waals surface area contributed by atoms with Gasteiger partial charge in [-0.3, -0.25) is 4.79 Å². The molecule has 1 aromatic rings. The van der Waals surface area contributed by atoms with E-state index in [4.69, 9.17) is 4.84 Å². The Bertz CT molecular complexity index is 506. The number of hydrogen-bond donors (Lipinski definition) is 0. The normalized spacial score (nSPS) is 17.2. The lowest BCUT2D eigenvalue weighted by atomic mass is 10.1. The van der Waals surface area contributed by atoms with Crippen molar-refractivity contribution in [3.63, 3.8) is 0 Å². The van der Waals surface area contributed by atoms with Crippen molar-refractivity contribution in [3.05, 3.63) is 29.8 Å². The Morgan fingerprint density at radius 3 is 2.56 bits per heavy atom. The fourth-order valence-corrected chi connectivity index (χ4v) is 3.72. The molecule has 0 spiro atoms. The Balaban J connectivity index is 2.54. The number of oxime groups is 1. The van der Waals surface area contributed by atoms with Crippen LogP contribution in [-0.2, 0) is 9.63 Å². The molecule has 0 bridgehead atoms. The summed E-state index contributed by atoms with van der Waals surface area (Å²) in [5.74, 6) is -0.0381. The first kappa shape index (κ1) is 12.8. The third kappa shape index (κ3) is 2.06. The second-order valence-electron chi connectivity index (χ2n) is 5.19. The fourth-order valence-electron chi connectivity index (χ4n) is 2.08. The average molecular weight is 262 g/mol. The lowest BCUT2D eigenvalue weighted by Crippen LogP contribution is -2.49. The molecule has 4 nitrogen and oxygen atoms in total. The molecule has 0 aromatic heterocycles. The second kappa shape index (κ2) is 4.57. The first-order valence-electron chi connectivity index (χ1n) is 6.10. The molecule has 0 fully saturated rings.